The summed E-state index contributed by atoms with van der Waals surface area (Å²) in [4.78, 5) is 24.2. The highest BCUT2D eigenvalue weighted by molar-refractivity contribution is 7.03. The third kappa shape index (κ3) is 3.06. The quantitative estimate of drug-likeness (QED) is 0.919. The highest BCUT2D eigenvalue weighted by Crippen LogP contribution is 2.31. The fourth-order valence-corrected chi connectivity index (χ4v) is 3.67. The molecule has 1 saturated carbocycles. The smallest absolute Gasteiger partial charge is 0.272 e. The Labute approximate surface area is 137 Å². The number of carbonyl (C=O) groups excluding carboxylic acids is 1. The number of nitrogens with one attached hydrogen (secondary N) is 1. The van der Waals surface area contributed by atoms with Crippen LogP contribution in [-0.4, -0.2) is 26.1 Å². The molecule has 0 bridgehead atoms. The standard InChI is InChI=1S/C16H18N4O2S/c21-15-6-3-11-7-12(17-16(22)13-9-23-19-18-13)4-5-14(11)20(15)8-10-1-2-10/h3,6,9-10,12H,1-2,4-5,7-8H2,(H,17,22)/t12-/m0/s1. The van der Waals surface area contributed by atoms with Crippen molar-refractivity contribution >= 4 is 17.4 Å². The van der Waals surface area contributed by atoms with Gasteiger partial charge < -0.3 is 9.88 Å². The Morgan fingerprint density at radius 1 is 1.35 bits per heavy atom. The van der Waals surface area contributed by atoms with Crippen molar-refractivity contribution in [1.82, 2.24) is 19.5 Å². The minimum absolute atomic E-state index is 0.0866. The Hall–Kier alpha value is -2.02. The second kappa shape index (κ2) is 5.88. The van der Waals surface area contributed by atoms with Crippen molar-refractivity contribution in [3.63, 3.8) is 0 Å². The highest BCUT2D eigenvalue weighted by Gasteiger charge is 2.27. The molecule has 2 aliphatic rings. The van der Waals surface area contributed by atoms with Crippen LogP contribution in [0.5, 0.6) is 0 Å². The molecule has 2 heterocycles. The van der Waals surface area contributed by atoms with Gasteiger partial charge in [0.1, 0.15) is 0 Å². The van der Waals surface area contributed by atoms with Gasteiger partial charge in [-0.2, -0.15) is 0 Å². The molecule has 0 saturated heterocycles. The predicted molar refractivity (Wildman–Crippen MR) is 86.6 cm³/mol. The summed E-state index contributed by atoms with van der Waals surface area (Å²) in [5.74, 6) is 0.507. The molecule has 2 aliphatic carbocycles. The third-order valence-corrected chi connectivity index (χ3v) is 5.16. The molecule has 0 unspecified atom stereocenters. The molecule has 2 aromatic rings. The van der Waals surface area contributed by atoms with E-state index in [2.05, 4.69) is 14.9 Å². The zero-order valence-corrected chi connectivity index (χ0v) is 13.5. The van der Waals surface area contributed by atoms with Gasteiger partial charge in [0.25, 0.3) is 11.5 Å². The lowest BCUT2D eigenvalue weighted by molar-refractivity contribution is 0.0928. The maximum absolute atomic E-state index is 12.1. The van der Waals surface area contributed by atoms with Crippen LogP contribution in [0.25, 0.3) is 0 Å². The molecule has 1 amide bonds. The average Bonchev–Trinajstić information content (AvgIpc) is 3.19. The van der Waals surface area contributed by atoms with Crippen molar-refractivity contribution in [2.24, 2.45) is 5.92 Å². The van der Waals surface area contributed by atoms with Crippen LogP contribution in [0.1, 0.15) is 41.0 Å². The Morgan fingerprint density at radius 3 is 2.96 bits per heavy atom. The van der Waals surface area contributed by atoms with Gasteiger partial charge in [0, 0.05) is 29.7 Å². The molecule has 7 heteroatoms. The first-order valence-corrected chi connectivity index (χ1v) is 8.84. The van der Waals surface area contributed by atoms with Crippen molar-refractivity contribution in [2.75, 3.05) is 0 Å². The second-order valence-corrected chi connectivity index (χ2v) is 7.01. The lowest BCUT2D eigenvalue weighted by atomic mass is 9.91. The van der Waals surface area contributed by atoms with Crippen molar-refractivity contribution in [1.29, 1.82) is 0 Å². The molecule has 1 atom stereocenters. The third-order valence-electron chi connectivity index (χ3n) is 4.65. The number of aromatic nitrogens is 3. The first kappa shape index (κ1) is 14.6. The Bertz CT molecular complexity index is 780. The van der Waals surface area contributed by atoms with Crippen molar-refractivity contribution in [3.8, 4) is 0 Å². The topological polar surface area (TPSA) is 76.9 Å². The fourth-order valence-electron chi connectivity index (χ4n) is 3.23. The van der Waals surface area contributed by atoms with Crippen LogP contribution in [0.4, 0.5) is 0 Å². The lowest BCUT2D eigenvalue weighted by Crippen LogP contribution is -2.40. The number of carbonyl (C=O) groups is 1. The van der Waals surface area contributed by atoms with Gasteiger partial charge in [0.2, 0.25) is 0 Å². The van der Waals surface area contributed by atoms with Crippen LogP contribution in [0.2, 0.25) is 0 Å². The van der Waals surface area contributed by atoms with Gasteiger partial charge in [0.15, 0.2) is 5.69 Å². The highest BCUT2D eigenvalue weighted by atomic mass is 32.1. The monoisotopic (exact) mass is 330 g/mol. The Balaban J connectivity index is 1.51. The van der Waals surface area contributed by atoms with Crippen molar-refractivity contribution in [2.45, 2.75) is 44.7 Å². The number of rotatable bonds is 4. The zero-order chi connectivity index (χ0) is 15.8. The summed E-state index contributed by atoms with van der Waals surface area (Å²) in [6.45, 7) is 0.851. The molecule has 0 aromatic carbocycles. The van der Waals surface area contributed by atoms with Crippen LogP contribution in [0, 0.1) is 5.92 Å². The maximum Gasteiger partial charge on any atom is 0.272 e. The normalized spacial score (nSPS) is 20.1. The van der Waals surface area contributed by atoms with Crippen molar-refractivity contribution in [3.05, 3.63) is 44.8 Å². The summed E-state index contributed by atoms with van der Waals surface area (Å²) in [6, 6.07) is 3.67. The molecule has 0 radical (unpaired) electrons. The maximum atomic E-state index is 12.1. The molecular weight excluding hydrogens is 312 g/mol. The number of fused-ring (bicyclic) bond motifs is 1. The minimum atomic E-state index is -0.168. The number of hydrogen-bond donors (Lipinski definition) is 1. The molecule has 1 fully saturated rings. The van der Waals surface area contributed by atoms with E-state index in [0.717, 1.165) is 31.5 Å². The Morgan fingerprint density at radius 2 is 2.22 bits per heavy atom. The summed E-state index contributed by atoms with van der Waals surface area (Å²) in [7, 11) is 0. The molecule has 1 N–H and O–H groups in total. The number of amides is 1. The van der Waals surface area contributed by atoms with Crippen LogP contribution in [0.3, 0.4) is 0 Å². The van der Waals surface area contributed by atoms with Gasteiger partial charge in [-0.15, -0.1) is 5.10 Å². The first-order chi connectivity index (χ1) is 11.2. The summed E-state index contributed by atoms with van der Waals surface area (Å²) < 4.78 is 5.67. The lowest BCUT2D eigenvalue weighted by Gasteiger charge is -2.27. The van der Waals surface area contributed by atoms with Gasteiger partial charge in [-0.3, -0.25) is 9.59 Å². The first-order valence-electron chi connectivity index (χ1n) is 8.00. The van der Waals surface area contributed by atoms with E-state index in [9.17, 15) is 9.59 Å². The molecule has 120 valence electrons. The van der Waals surface area contributed by atoms with Crippen molar-refractivity contribution < 1.29 is 4.79 Å². The van der Waals surface area contributed by atoms with E-state index >= 15 is 0 Å². The summed E-state index contributed by atoms with van der Waals surface area (Å²) in [6.07, 6.45) is 4.92. The Kier molecular flexibility index (Phi) is 3.72. The summed E-state index contributed by atoms with van der Waals surface area (Å²) >= 11 is 1.17. The van der Waals surface area contributed by atoms with E-state index in [1.807, 2.05) is 10.6 Å². The van der Waals surface area contributed by atoms with Gasteiger partial charge >= 0.3 is 0 Å². The molecule has 6 nitrogen and oxygen atoms in total. The largest absolute Gasteiger partial charge is 0.348 e. The van der Waals surface area contributed by atoms with E-state index in [1.54, 1.807) is 11.4 Å². The second-order valence-electron chi connectivity index (χ2n) is 6.40. The number of pyridine rings is 1. The molecule has 0 spiro atoms. The van der Waals surface area contributed by atoms with E-state index in [1.165, 1.54) is 29.9 Å². The number of hydrogen-bond acceptors (Lipinski definition) is 5. The van der Waals surface area contributed by atoms with E-state index in [0.29, 0.717) is 11.6 Å². The van der Waals surface area contributed by atoms with E-state index in [4.69, 9.17) is 0 Å². The summed E-state index contributed by atoms with van der Waals surface area (Å²) in [5.41, 5.74) is 2.81. The molecular formula is C16H18N4O2S. The van der Waals surface area contributed by atoms with Gasteiger partial charge in [-0.25, -0.2) is 0 Å². The predicted octanol–water partition coefficient (Wildman–Crippen LogP) is 1.40. The van der Waals surface area contributed by atoms with Gasteiger partial charge in [0.05, 0.1) is 0 Å². The molecule has 4 rings (SSSR count). The van der Waals surface area contributed by atoms with Crippen LogP contribution in [-0.2, 0) is 19.4 Å². The average molecular weight is 330 g/mol. The fraction of sp³-hybridized carbons (Fsp3) is 0.500. The van der Waals surface area contributed by atoms with Gasteiger partial charge in [-0.05, 0) is 55.1 Å². The molecule has 23 heavy (non-hydrogen) atoms. The summed E-state index contributed by atoms with van der Waals surface area (Å²) in [5, 5.41) is 8.48. The zero-order valence-electron chi connectivity index (χ0n) is 12.7. The molecule has 2 aromatic heterocycles. The van der Waals surface area contributed by atoms with E-state index in [-0.39, 0.29) is 17.5 Å². The van der Waals surface area contributed by atoms with Gasteiger partial charge in [-0.1, -0.05) is 10.6 Å². The molecule has 0 aliphatic heterocycles. The van der Waals surface area contributed by atoms with Crippen LogP contribution in [0.15, 0.2) is 22.3 Å². The van der Waals surface area contributed by atoms with E-state index < -0.39 is 0 Å². The van der Waals surface area contributed by atoms with Crippen LogP contribution >= 0.6 is 11.5 Å². The number of nitrogens with zero attached hydrogens (tertiary/aromatic N) is 3. The van der Waals surface area contributed by atoms with Crippen LogP contribution < -0.4 is 10.9 Å². The SMILES string of the molecule is O=C(N[C@H]1CCc2c(ccc(=O)n2CC2CC2)C1)c1csnn1. The minimum Gasteiger partial charge on any atom is -0.348 e.